The maximum absolute atomic E-state index is 12.6. The summed E-state index contributed by atoms with van der Waals surface area (Å²) in [5, 5.41) is 0.355. The fourth-order valence-electron chi connectivity index (χ4n) is 2.22. The first kappa shape index (κ1) is 17.0. The fourth-order valence-corrected chi connectivity index (χ4v) is 2.40. The molecule has 7 heteroatoms. The number of rotatable bonds is 6. The molecule has 126 valence electrons. The van der Waals surface area contributed by atoms with E-state index in [1.54, 1.807) is 42.7 Å². The molecule has 6 nitrogen and oxygen atoms in total. The minimum atomic E-state index is -0.153. The van der Waals surface area contributed by atoms with Crippen LogP contribution in [0, 0.1) is 0 Å². The van der Waals surface area contributed by atoms with Crippen LogP contribution in [0.4, 0.5) is 0 Å². The van der Waals surface area contributed by atoms with E-state index in [0.717, 1.165) is 5.69 Å². The van der Waals surface area contributed by atoms with Crippen LogP contribution in [0.15, 0.2) is 49.1 Å². The SMILES string of the molecule is CCc1cc(Oc2cncnc2)cc(C(=O)Cc2cccc(Cl)n2)n1. The predicted molar refractivity (Wildman–Crippen MR) is 93.0 cm³/mol. The Morgan fingerprint density at radius 3 is 2.60 bits per heavy atom. The second-order valence-corrected chi connectivity index (χ2v) is 5.65. The van der Waals surface area contributed by atoms with E-state index in [2.05, 4.69) is 19.9 Å². The van der Waals surface area contributed by atoms with Gasteiger partial charge in [-0.15, -0.1) is 0 Å². The smallest absolute Gasteiger partial charge is 0.187 e. The maximum atomic E-state index is 12.6. The molecule has 0 aliphatic rings. The highest BCUT2D eigenvalue weighted by Crippen LogP contribution is 2.22. The first-order chi connectivity index (χ1) is 12.1. The molecule has 0 fully saturated rings. The van der Waals surface area contributed by atoms with Crippen molar-refractivity contribution in [1.82, 2.24) is 19.9 Å². The maximum Gasteiger partial charge on any atom is 0.187 e. The van der Waals surface area contributed by atoms with Crippen molar-refractivity contribution in [2.24, 2.45) is 0 Å². The second-order valence-electron chi connectivity index (χ2n) is 5.26. The Balaban J connectivity index is 1.85. The summed E-state index contributed by atoms with van der Waals surface area (Å²) in [5.41, 5.74) is 1.69. The van der Waals surface area contributed by atoms with Gasteiger partial charge in [0.05, 0.1) is 18.8 Å². The van der Waals surface area contributed by atoms with E-state index in [0.29, 0.717) is 34.5 Å². The van der Waals surface area contributed by atoms with Crippen molar-refractivity contribution in [3.63, 3.8) is 0 Å². The van der Waals surface area contributed by atoms with E-state index in [-0.39, 0.29) is 12.2 Å². The van der Waals surface area contributed by atoms with Crippen molar-refractivity contribution in [1.29, 1.82) is 0 Å². The van der Waals surface area contributed by atoms with Crippen molar-refractivity contribution in [2.75, 3.05) is 0 Å². The van der Waals surface area contributed by atoms with Gasteiger partial charge in [0.15, 0.2) is 11.5 Å². The van der Waals surface area contributed by atoms with Crippen molar-refractivity contribution in [3.05, 3.63) is 71.3 Å². The summed E-state index contributed by atoms with van der Waals surface area (Å²) in [6, 6.07) is 8.59. The van der Waals surface area contributed by atoms with Crippen molar-refractivity contribution < 1.29 is 9.53 Å². The summed E-state index contributed by atoms with van der Waals surface area (Å²) in [7, 11) is 0. The molecule has 0 aromatic carbocycles. The zero-order chi connectivity index (χ0) is 17.6. The van der Waals surface area contributed by atoms with Crippen LogP contribution in [0.25, 0.3) is 0 Å². The molecule has 0 aliphatic carbocycles. The van der Waals surface area contributed by atoms with Crippen LogP contribution in [0.1, 0.15) is 28.8 Å². The van der Waals surface area contributed by atoms with Gasteiger partial charge in [0.1, 0.15) is 22.9 Å². The van der Waals surface area contributed by atoms with Crippen LogP contribution in [-0.4, -0.2) is 25.7 Å². The summed E-state index contributed by atoms with van der Waals surface area (Å²) in [6.45, 7) is 1.96. The average Bonchev–Trinajstić information content (AvgIpc) is 2.62. The van der Waals surface area contributed by atoms with Crippen molar-refractivity contribution in [2.45, 2.75) is 19.8 Å². The molecule has 0 unspecified atom stereocenters. The number of carbonyl (C=O) groups is 1. The van der Waals surface area contributed by atoms with Crippen LogP contribution in [-0.2, 0) is 12.8 Å². The lowest BCUT2D eigenvalue weighted by molar-refractivity contribution is 0.0986. The quantitative estimate of drug-likeness (QED) is 0.496. The van der Waals surface area contributed by atoms with E-state index < -0.39 is 0 Å². The van der Waals surface area contributed by atoms with Crippen molar-refractivity contribution >= 4 is 17.4 Å². The molecule has 0 saturated heterocycles. The molecule has 3 rings (SSSR count). The number of halogens is 1. The number of ether oxygens (including phenoxy) is 1. The summed E-state index contributed by atoms with van der Waals surface area (Å²) in [5.74, 6) is 0.856. The number of hydrogen-bond acceptors (Lipinski definition) is 6. The number of hydrogen-bond donors (Lipinski definition) is 0. The average molecular weight is 355 g/mol. The largest absolute Gasteiger partial charge is 0.454 e. The molecule has 0 aliphatic heterocycles. The molecule has 0 N–H and O–H groups in total. The summed E-state index contributed by atoms with van der Waals surface area (Å²) < 4.78 is 5.73. The molecule has 0 spiro atoms. The first-order valence-electron chi connectivity index (χ1n) is 7.72. The molecule has 0 saturated carbocycles. The van der Waals surface area contributed by atoms with Crippen LogP contribution < -0.4 is 4.74 Å². The van der Waals surface area contributed by atoms with E-state index in [9.17, 15) is 4.79 Å². The number of carbonyl (C=O) groups excluding carboxylic acids is 1. The Morgan fingerprint density at radius 1 is 1.08 bits per heavy atom. The van der Waals surface area contributed by atoms with Crippen LogP contribution in [0.2, 0.25) is 5.15 Å². The Labute approximate surface area is 149 Å². The molecular formula is C18H15ClN4O2. The summed E-state index contributed by atoms with van der Waals surface area (Å²) in [6.07, 6.45) is 5.32. The highest BCUT2D eigenvalue weighted by molar-refractivity contribution is 6.29. The Kier molecular flexibility index (Phi) is 5.30. The minimum Gasteiger partial charge on any atom is -0.454 e. The third-order valence-electron chi connectivity index (χ3n) is 3.39. The van der Waals surface area contributed by atoms with Gasteiger partial charge in [-0.3, -0.25) is 4.79 Å². The molecule has 3 heterocycles. The number of aryl methyl sites for hydroxylation is 1. The first-order valence-corrected chi connectivity index (χ1v) is 8.10. The van der Waals surface area contributed by atoms with E-state index in [4.69, 9.17) is 16.3 Å². The lowest BCUT2D eigenvalue weighted by Gasteiger charge is -2.09. The minimum absolute atomic E-state index is 0.120. The third-order valence-corrected chi connectivity index (χ3v) is 3.60. The number of ketones is 1. The molecule has 3 aromatic heterocycles. The zero-order valence-electron chi connectivity index (χ0n) is 13.5. The van der Waals surface area contributed by atoms with Gasteiger partial charge in [0.25, 0.3) is 0 Å². The van der Waals surface area contributed by atoms with Crippen LogP contribution in [0.3, 0.4) is 0 Å². The molecular weight excluding hydrogens is 340 g/mol. The molecule has 0 amide bonds. The molecule has 0 bridgehead atoms. The van der Waals surface area contributed by atoms with E-state index in [1.807, 2.05) is 6.92 Å². The number of pyridine rings is 2. The molecule has 25 heavy (non-hydrogen) atoms. The highest BCUT2D eigenvalue weighted by atomic mass is 35.5. The topological polar surface area (TPSA) is 77.9 Å². The Hall–Kier alpha value is -2.86. The summed E-state index contributed by atoms with van der Waals surface area (Å²) in [4.78, 5) is 28.9. The standard InChI is InChI=1S/C18H15ClN4O2/c1-2-12-6-14(25-15-9-20-11-21-10-15)8-16(22-12)17(24)7-13-4-3-5-18(19)23-13/h3-6,8-11H,2,7H2,1H3. The highest BCUT2D eigenvalue weighted by Gasteiger charge is 2.13. The third kappa shape index (κ3) is 4.58. The Morgan fingerprint density at radius 2 is 1.88 bits per heavy atom. The van der Waals surface area contributed by atoms with Gasteiger partial charge >= 0.3 is 0 Å². The van der Waals surface area contributed by atoms with Crippen LogP contribution in [0.5, 0.6) is 11.5 Å². The van der Waals surface area contributed by atoms with Gasteiger partial charge in [-0.2, -0.15) is 0 Å². The number of Topliss-reactive ketones (excluding diaryl/α,β-unsaturated/α-hetero) is 1. The van der Waals surface area contributed by atoms with Crippen LogP contribution >= 0.6 is 11.6 Å². The normalized spacial score (nSPS) is 10.5. The van der Waals surface area contributed by atoms with E-state index >= 15 is 0 Å². The monoisotopic (exact) mass is 354 g/mol. The van der Waals surface area contributed by atoms with Gasteiger partial charge in [-0.25, -0.2) is 19.9 Å². The number of aromatic nitrogens is 4. The van der Waals surface area contributed by atoms with Crippen molar-refractivity contribution in [3.8, 4) is 11.5 Å². The molecule has 0 atom stereocenters. The fraction of sp³-hybridized carbons (Fsp3) is 0.167. The Bertz CT molecular complexity index is 887. The van der Waals surface area contributed by atoms with Gasteiger partial charge < -0.3 is 4.74 Å². The molecule has 3 aromatic rings. The van der Waals surface area contributed by atoms with E-state index in [1.165, 1.54) is 6.33 Å². The predicted octanol–water partition coefficient (Wildman–Crippen LogP) is 3.70. The van der Waals surface area contributed by atoms with Gasteiger partial charge in [0.2, 0.25) is 0 Å². The van der Waals surface area contributed by atoms with Gasteiger partial charge in [-0.05, 0) is 18.6 Å². The molecule has 0 radical (unpaired) electrons. The van der Waals surface area contributed by atoms with Gasteiger partial charge in [-0.1, -0.05) is 24.6 Å². The zero-order valence-corrected chi connectivity index (χ0v) is 14.3. The lowest BCUT2D eigenvalue weighted by atomic mass is 10.1. The lowest BCUT2D eigenvalue weighted by Crippen LogP contribution is -2.09. The summed E-state index contributed by atoms with van der Waals surface area (Å²) >= 11 is 5.87. The van der Waals surface area contributed by atoms with Gasteiger partial charge in [0, 0.05) is 23.5 Å². The number of nitrogens with zero attached hydrogens (tertiary/aromatic N) is 4. The second kappa shape index (κ2) is 7.81.